The molecule has 20 N–H and O–H groups in total. The van der Waals surface area contributed by atoms with Gasteiger partial charge >= 0.3 is 17.9 Å². The highest BCUT2D eigenvalue weighted by Gasteiger charge is 2.43. The molecular formula is C84H135N15O21S2. The van der Waals surface area contributed by atoms with E-state index in [2.05, 4.69) is 54.5 Å². The molecule has 2 fully saturated rings. The van der Waals surface area contributed by atoms with Gasteiger partial charge in [0.2, 0.25) is 70.9 Å². The van der Waals surface area contributed by atoms with Gasteiger partial charge in [-0.05, 0) is 108 Å². The van der Waals surface area contributed by atoms with E-state index in [1.165, 1.54) is 76.0 Å². The Kier molecular flexibility index (Phi) is 49.9. The Morgan fingerprint density at radius 1 is 0.639 bits per heavy atom. The molecule has 4 rings (SSSR count). The van der Waals surface area contributed by atoms with Crippen LogP contribution in [0.4, 0.5) is 0 Å². The molecule has 122 heavy (non-hydrogen) atoms. The van der Waals surface area contributed by atoms with Gasteiger partial charge in [-0.3, -0.25) is 86.5 Å². The van der Waals surface area contributed by atoms with E-state index in [4.69, 9.17) is 22.9 Å². The zero-order valence-corrected chi connectivity index (χ0v) is 73.1. The Morgan fingerprint density at radius 2 is 1.25 bits per heavy atom. The van der Waals surface area contributed by atoms with Gasteiger partial charge in [-0.15, -0.1) is 0 Å². The summed E-state index contributed by atoms with van der Waals surface area (Å²) in [5.74, 6) is -20.1. The molecule has 1 aromatic rings. The molecule has 0 aliphatic carbocycles. The number of carbonyl (C=O) groups excluding carboxylic acids is 14. The molecule has 38 heteroatoms. The summed E-state index contributed by atoms with van der Waals surface area (Å²) >= 11 is 2.20. The van der Waals surface area contributed by atoms with Gasteiger partial charge in [-0.25, -0.2) is 0 Å². The van der Waals surface area contributed by atoms with Crippen molar-refractivity contribution >= 4 is 130 Å². The topological polar surface area (TPSA) is 590 Å². The number of fused-ring (bicyclic) bond motifs is 3. The minimum atomic E-state index is -1.94. The number of nitrogens with two attached hydrogens (primary N) is 4. The molecule has 3 heterocycles. The fraction of sp³-hybridized carbons (Fsp3) is 0.714. The summed E-state index contributed by atoms with van der Waals surface area (Å²) in [6.07, 6.45) is 12.2. The molecule has 12 amide bonds. The van der Waals surface area contributed by atoms with E-state index in [0.717, 1.165) is 54.1 Å². The van der Waals surface area contributed by atoms with Crippen molar-refractivity contribution in [2.24, 2.45) is 45.7 Å². The minimum Gasteiger partial charge on any atom is -0.481 e. The highest BCUT2D eigenvalue weighted by Crippen LogP contribution is 2.28. The van der Waals surface area contributed by atoms with Crippen molar-refractivity contribution in [1.29, 1.82) is 0 Å². The Hall–Kier alpha value is -9.30. The number of hydrogen-bond donors (Lipinski definition) is 16. The highest BCUT2D eigenvalue weighted by atomic mass is 32.2. The largest absolute Gasteiger partial charge is 0.481 e. The fourth-order valence-electron chi connectivity index (χ4n) is 14.9. The van der Waals surface area contributed by atoms with E-state index in [-0.39, 0.29) is 112 Å². The number of ketones is 2. The number of aliphatic carboxylic acids is 3. The smallest absolute Gasteiger partial charge is 0.305 e. The molecule has 3 aliphatic heterocycles. The number of amides is 12. The Morgan fingerprint density at radius 3 is 1.84 bits per heavy atom. The van der Waals surface area contributed by atoms with Crippen LogP contribution in [0.15, 0.2) is 29.3 Å². The molecule has 3 aliphatic rings. The number of hydrogen-bond acceptors (Lipinski definition) is 23. The predicted molar refractivity (Wildman–Crippen MR) is 459 cm³/mol. The van der Waals surface area contributed by atoms with Gasteiger partial charge < -0.3 is 95.7 Å². The third-order valence-corrected chi connectivity index (χ3v) is 23.9. The molecule has 684 valence electrons. The number of nitrogens with zero attached hydrogens (tertiary/aromatic N) is 3. The lowest BCUT2D eigenvalue weighted by atomic mass is 9.91. The molecule has 36 nitrogen and oxygen atoms in total. The van der Waals surface area contributed by atoms with Gasteiger partial charge in [0.1, 0.15) is 54.7 Å². The van der Waals surface area contributed by atoms with Gasteiger partial charge in [0, 0.05) is 99.4 Å². The van der Waals surface area contributed by atoms with Crippen molar-refractivity contribution in [3.05, 3.63) is 35.4 Å². The van der Waals surface area contributed by atoms with Crippen LogP contribution in [-0.2, 0) is 93.0 Å². The fourth-order valence-corrected chi connectivity index (χ4v) is 17.0. The SMILES string of the molecule is CCCCCCCCCCCCCCCCCC(=O)NCCC(=O)N[C@@H](CCCCN)C(=O)C[C@@H](CCC(N)=O)C(=O)N[C@H]1CSCc2cccc(c2)CSC[C@@H](C(=O)N[C@@H](CC(C)C)C(=O)N2CCC[C@H]2C(N)=O)NC(=O)[C@H](CCC(=O)O)NC(=O)CN=C(N)[C@H]([C@@H](C)O)NC(=O)[C@H](CCC(=O)O)CC(=O)[C@@H]2CCCN2C(=O)[C@H](CC(=O)O)NC1=O. The van der Waals surface area contributed by atoms with E-state index in [1.807, 2.05) is 0 Å². The van der Waals surface area contributed by atoms with Crippen LogP contribution in [0.3, 0.4) is 0 Å². The average Bonchev–Trinajstić information content (AvgIpc) is 1.65. The molecular weight excluding hydrogens is 1620 g/mol. The van der Waals surface area contributed by atoms with Crippen LogP contribution in [0.5, 0.6) is 0 Å². The van der Waals surface area contributed by atoms with Crippen LogP contribution in [0.25, 0.3) is 0 Å². The quantitative estimate of drug-likeness (QED) is 0.0416. The number of carbonyl (C=O) groups is 17. The molecule has 2 bridgehead atoms. The van der Waals surface area contributed by atoms with Gasteiger partial charge in [-0.2, -0.15) is 23.5 Å². The van der Waals surface area contributed by atoms with E-state index in [0.29, 0.717) is 36.8 Å². The van der Waals surface area contributed by atoms with Gasteiger partial charge in [0.15, 0.2) is 11.6 Å². The summed E-state index contributed by atoms with van der Waals surface area (Å²) in [5.41, 5.74) is 24.7. The van der Waals surface area contributed by atoms with Crippen molar-refractivity contribution in [2.75, 3.05) is 44.2 Å². The summed E-state index contributed by atoms with van der Waals surface area (Å²) in [7, 11) is 0. The number of unbranched alkanes of at least 4 members (excludes halogenated alkanes) is 15. The lowest BCUT2D eigenvalue weighted by Gasteiger charge is -2.30. The number of aliphatic hydroxyl groups is 1. The Balaban J connectivity index is 1.72. The molecule has 0 radical (unpaired) electrons. The number of carboxylic acids is 3. The first kappa shape index (κ1) is 105. The monoisotopic (exact) mass is 1750 g/mol. The molecule has 0 spiro atoms. The number of primary amides is 2. The van der Waals surface area contributed by atoms with Crippen LogP contribution in [0, 0.1) is 17.8 Å². The molecule has 0 saturated carbocycles. The molecule has 1 aromatic carbocycles. The van der Waals surface area contributed by atoms with E-state index in [9.17, 15) is 97.1 Å². The number of thioether (sulfide) groups is 2. The van der Waals surface area contributed by atoms with Gasteiger partial charge in [0.25, 0.3) is 0 Å². The molecule has 12 atom stereocenters. The third-order valence-electron chi connectivity index (χ3n) is 21.7. The Bertz CT molecular complexity index is 3670. The number of benzene rings is 1. The minimum absolute atomic E-state index is 0.0292. The normalized spacial score (nSPS) is 21.2. The Labute approximate surface area is 723 Å². The number of carboxylic acid groups (broad SMARTS) is 3. The van der Waals surface area contributed by atoms with Crippen molar-refractivity contribution in [1.82, 2.24) is 52.3 Å². The molecule has 2 saturated heterocycles. The van der Waals surface area contributed by atoms with Gasteiger partial charge in [-0.1, -0.05) is 135 Å². The summed E-state index contributed by atoms with van der Waals surface area (Å²) in [4.78, 5) is 240. The first-order valence-corrected chi connectivity index (χ1v) is 45.6. The number of amidine groups is 1. The number of Topliss-reactive ketones (excluding diaryl/α,β-unsaturated/α-hetero) is 2. The summed E-state index contributed by atoms with van der Waals surface area (Å²) in [6.45, 7) is 6.26. The van der Waals surface area contributed by atoms with Crippen molar-refractivity contribution in [3.63, 3.8) is 0 Å². The standard InChI is InChI=1S/C84H135N15O21S2/c1-5-6-7-8-9-10-11-12-13-14-15-16-17-18-19-30-69(104)89-39-37-70(105)91-58(27-20-21-38-85)66(101)44-56(31-34-68(86)103)78(114)95-62-50-121-48-54-25-22-26-55(43-54)49-122-51-63(82(118)93-60(42-52(2)3)83(119)99-41-24-29-65(99)77(88)113)96-80(116)59(33-36-73(109)110)92-71(106)47-90-76(87)75(53(4)100)97-79(115)57(32-35-72(107)108)45-67(102)64-28-23-40-98(64)84(120)61(46-74(111)112)94-81(62)117/h22,25-26,43,52-53,56-65,75,100H,5-21,23-24,27-42,44-51,85H2,1-4H3,(H2,86,103)(H2,87,90)(H2,88,113)(H,89,104)(H,91,105)(H,92,106)(H,93,118)(H,94,117)(H,95,114)(H,96,116)(H,97,115)(H,107,108)(H,109,110)(H,111,112)/t53-,56-,57-,58+,59+,60+,61+,62+,63+,64+,65+,75+/m1/s1. The van der Waals surface area contributed by atoms with Crippen LogP contribution in [0.1, 0.15) is 257 Å². The number of likely N-dealkylation sites (tertiary alicyclic amines) is 1. The maximum Gasteiger partial charge on any atom is 0.305 e. The van der Waals surface area contributed by atoms with Crippen LogP contribution in [-0.4, -0.2) is 241 Å². The number of aliphatic hydroxyl groups excluding tert-OH is 1. The molecule has 0 unspecified atom stereocenters. The zero-order valence-electron chi connectivity index (χ0n) is 71.4. The number of nitrogens with one attached hydrogen (secondary N) is 8. The first-order chi connectivity index (χ1) is 58.1. The van der Waals surface area contributed by atoms with Crippen molar-refractivity contribution < 1.29 is 102 Å². The average molecular weight is 1760 g/mol. The second-order valence-electron chi connectivity index (χ2n) is 32.5. The summed E-state index contributed by atoms with van der Waals surface area (Å²) in [6, 6.07) is -6.33. The van der Waals surface area contributed by atoms with E-state index < -0.39 is 231 Å². The van der Waals surface area contributed by atoms with Crippen LogP contribution < -0.4 is 65.5 Å². The van der Waals surface area contributed by atoms with Gasteiger partial charge in [0.05, 0.1) is 24.6 Å². The van der Waals surface area contributed by atoms with Crippen molar-refractivity contribution in [3.8, 4) is 0 Å². The maximum absolute atomic E-state index is 15.0. The van der Waals surface area contributed by atoms with Crippen LogP contribution >= 0.6 is 23.5 Å². The predicted octanol–water partition coefficient (Wildman–Crippen LogP) is 3.33. The summed E-state index contributed by atoms with van der Waals surface area (Å²) in [5, 5.41) is 61.8. The lowest BCUT2D eigenvalue weighted by Crippen LogP contribution is -2.59. The van der Waals surface area contributed by atoms with E-state index in [1.54, 1.807) is 38.1 Å². The lowest BCUT2D eigenvalue weighted by molar-refractivity contribution is -0.146. The highest BCUT2D eigenvalue weighted by molar-refractivity contribution is 7.98. The second-order valence-corrected chi connectivity index (χ2v) is 34.6. The zero-order chi connectivity index (χ0) is 90.2. The number of aliphatic imine (C=N–C) groups is 1. The second kappa shape index (κ2) is 57.9. The summed E-state index contributed by atoms with van der Waals surface area (Å²) < 4.78 is 0. The number of rotatable bonds is 47. The first-order valence-electron chi connectivity index (χ1n) is 43.3. The third kappa shape index (κ3) is 40.8. The van der Waals surface area contributed by atoms with Crippen molar-refractivity contribution in [2.45, 2.75) is 318 Å². The molecule has 0 aromatic heterocycles. The maximum atomic E-state index is 15.0. The van der Waals surface area contributed by atoms with Crippen LogP contribution in [0.2, 0.25) is 0 Å². The van der Waals surface area contributed by atoms with E-state index >= 15 is 4.79 Å².